The molecule has 1 aromatic heterocycles. The lowest BCUT2D eigenvalue weighted by Gasteiger charge is -2.11. The molecule has 0 fully saturated rings. The Kier molecular flexibility index (Phi) is 4.57. The second-order valence-electron chi connectivity index (χ2n) is 5.49. The molecule has 0 amide bonds. The molecule has 2 heterocycles. The molecule has 0 aliphatic carbocycles. The number of ketones is 1. The number of rotatable bonds is 4. The predicted octanol–water partition coefficient (Wildman–Crippen LogP) is 3.51. The molecular formula is C16H18FN3OS. The Bertz CT molecular complexity index is 669. The number of carbonyl (C=O) groups excluding carboxylic acids is 1. The highest BCUT2D eigenvalue weighted by Crippen LogP contribution is 2.27. The van der Waals surface area contributed by atoms with Crippen molar-refractivity contribution in [1.29, 1.82) is 0 Å². The highest BCUT2D eigenvalue weighted by Gasteiger charge is 2.21. The fraction of sp³-hybridized carbons (Fsp3) is 0.438. The average molecular weight is 319 g/mol. The van der Waals surface area contributed by atoms with Crippen molar-refractivity contribution in [2.45, 2.75) is 49.6 Å². The molecule has 116 valence electrons. The molecule has 0 saturated heterocycles. The number of fused-ring (bicyclic) bond motifs is 1. The van der Waals surface area contributed by atoms with Gasteiger partial charge in [0.25, 0.3) is 0 Å². The smallest absolute Gasteiger partial charge is 0.191 e. The van der Waals surface area contributed by atoms with Crippen molar-refractivity contribution in [3.8, 4) is 0 Å². The number of hydrogen-bond acceptors (Lipinski definition) is 4. The molecule has 2 aromatic rings. The lowest BCUT2D eigenvalue weighted by molar-refractivity contribution is 0.0994. The van der Waals surface area contributed by atoms with Crippen LogP contribution in [0.2, 0.25) is 0 Å². The summed E-state index contributed by atoms with van der Waals surface area (Å²) in [6.45, 7) is 2.77. The molecule has 0 radical (unpaired) electrons. The molecule has 4 nitrogen and oxygen atoms in total. The van der Waals surface area contributed by atoms with Crippen molar-refractivity contribution in [2.24, 2.45) is 0 Å². The van der Waals surface area contributed by atoms with E-state index in [0.29, 0.717) is 5.56 Å². The predicted molar refractivity (Wildman–Crippen MR) is 83.6 cm³/mol. The number of thioether (sulfide) groups is 1. The van der Waals surface area contributed by atoms with Gasteiger partial charge in [-0.05, 0) is 44.0 Å². The van der Waals surface area contributed by atoms with E-state index in [9.17, 15) is 9.18 Å². The summed E-state index contributed by atoms with van der Waals surface area (Å²) >= 11 is 1.43. The Labute approximate surface area is 133 Å². The van der Waals surface area contributed by atoms with Crippen LogP contribution in [0.1, 0.15) is 42.4 Å². The second-order valence-corrected chi connectivity index (χ2v) is 6.80. The van der Waals surface area contributed by atoms with Gasteiger partial charge in [0.2, 0.25) is 0 Å². The quantitative estimate of drug-likeness (QED) is 0.639. The fourth-order valence-corrected chi connectivity index (χ4v) is 3.58. The monoisotopic (exact) mass is 319 g/mol. The van der Waals surface area contributed by atoms with Crippen LogP contribution < -0.4 is 0 Å². The third-order valence-corrected chi connectivity index (χ3v) is 4.94. The van der Waals surface area contributed by atoms with Crippen LogP contribution in [0, 0.1) is 5.82 Å². The topological polar surface area (TPSA) is 47.8 Å². The van der Waals surface area contributed by atoms with Gasteiger partial charge in [-0.25, -0.2) is 4.39 Å². The summed E-state index contributed by atoms with van der Waals surface area (Å²) in [5.74, 6) is 0.664. The third kappa shape index (κ3) is 3.21. The van der Waals surface area contributed by atoms with Crippen LogP contribution in [0.3, 0.4) is 0 Å². The molecule has 0 unspecified atom stereocenters. The van der Waals surface area contributed by atoms with Crippen LogP contribution >= 0.6 is 11.8 Å². The van der Waals surface area contributed by atoms with Crippen molar-refractivity contribution in [3.05, 3.63) is 41.5 Å². The van der Waals surface area contributed by atoms with Crippen molar-refractivity contribution < 1.29 is 9.18 Å². The van der Waals surface area contributed by atoms with Gasteiger partial charge in [-0.3, -0.25) is 4.79 Å². The van der Waals surface area contributed by atoms with Gasteiger partial charge in [0.05, 0.1) is 5.25 Å². The summed E-state index contributed by atoms with van der Waals surface area (Å²) in [5.41, 5.74) is 0.525. The molecule has 6 heteroatoms. The lowest BCUT2D eigenvalue weighted by Crippen LogP contribution is -2.15. The summed E-state index contributed by atoms with van der Waals surface area (Å²) < 4.78 is 15.1. The number of carbonyl (C=O) groups is 1. The van der Waals surface area contributed by atoms with E-state index in [-0.39, 0.29) is 16.9 Å². The molecular weight excluding hydrogens is 301 g/mol. The normalized spacial score (nSPS) is 15.9. The minimum atomic E-state index is -0.334. The molecule has 0 bridgehead atoms. The zero-order chi connectivity index (χ0) is 15.5. The van der Waals surface area contributed by atoms with Crippen LogP contribution in [0.25, 0.3) is 0 Å². The first kappa shape index (κ1) is 15.2. The van der Waals surface area contributed by atoms with E-state index < -0.39 is 0 Å². The summed E-state index contributed by atoms with van der Waals surface area (Å²) in [5, 5.41) is 9.01. The van der Waals surface area contributed by atoms with Gasteiger partial charge in [0.15, 0.2) is 10.9 Å². The third-order valence-electron chi connectivity index (χ3n) is 3.86. The first-order valence-corrected chi connectivity index (χ1v) is 8.41. The Morgan fingerprint density at radius 3 is 2.77 bits per heavy atom. The van der Waals surface area contributed by atoms with Gasteiger partial charge in [0, 0.05) is 18.5 Å². The summed E-state index contributed by atoms with van der Waals surface area (Å²) in [7, 11) is 0. The van der Waals surface area contributed by atoms with Gasteiger partial charge in [-0.1, -0.05) is 18.2 Å². The maximum atomic E-state index is 12.9. The minimum Gasteiger partial charge on any atom is -0.306 e. The summed E-state index contributed by atoms with van der Waals surface area (Å²) in [4.78, 5) is 12.4. The molecule has 1 aromatic carbocycles. The Morgan fingerprint density at radius 2 is 2.00 bits per heavy atom. The van der Waals surface area contributed by atoms with E-state index in [1.807, 2.05) is 6.92 Å². The second kappa shape index (κ2) is 6.60. The van der Waals surface area contributed by atoms with E-state index in [1.165, 1.54) is 42.4 Å². The van der Waals surface area contributed by atoms with Crippen molar-refractivity contribution in [3.63, 3.8) is 0 Å². The van der Waals surface area contributed by atoms with E-state index in [1.54, 1.807) is 0 Å². The number of nitrogens with zero attached hydrogens (tertiary/aromatic N) is 3. The molecule has 1 aliphatic rings. The molecule has 0 N–H and O–H groups in total. The van der Waals surface area contributed by atoms with Gasteiger partial charge in [-0.15, -0.1) is 10.2 Å². The van der Waals surface area contributed by atoms with Crippen LogP contribution in [0.5, 0.6) is 0 Å². The number of Topliss-reactive ketones (excluding diaryl/α,β-unsaturated/α-hetero) is 1. The van der Waals surface area contributed by atoms with Crippen LogP contribution in [-0.4, -0.2) is 25.8 Å². The SMILES string of the molecule is C[C@H](Sc1nnc2n1CCCCC2)C(=O)c1ccc(F)cc1. The lowest BCUT2D eigenvalue weighted by atomic mass is 10.1. The van der Waals surface area contributed by atoms with Gasteiger partial charge in [-0.2, -0.15) is 0 Å². The fourth-order valence-electron chi connectivity index (χ4n) is 2.61. The van der Waals surface area contributed by atoms with Crippen molar-refractivity contribution in [2.75, 3.05) is 0 Å². The zero-order valence-electron chi connectivity index (χ0n) is 12.5. The van der Waals surface area contributed by atoms with Gasteiger partial charge in [0.1, 0.15) is 11.6 Å². The van der Waals surface area contributed by atoms with Crippen LogP contribution in [0.4, 0.5) is 4.39 Å². The van der Waals surface area contributed by atoms with Crippen molar-refractivity contribution in [1.82, 2.24) is 14.8 Å². The summed E-state index contributed by atoms with van der Waals surface area (Å²) in [6.07, 6.45) is 4.43. The highest BCUT2D eigenvalue weighted by atomic mass is 32.2. The van der Waals surface area contributed by atoms with E-state index in [2.05, 4.69) is 14.8 Å². The zero-order valence-corrected chi connectivity index (χ0v) is 13.3. The van der Waals surface area contributed by atoms with Gasteiger partial charge >= 0.3 is 0 Å². The maximum Gasteiger partial charge on any atom is 0.191 e. The van der Waals surface area contributed by atoms with E-state index >= 15 is 0 Å². The first-order chi connectivity index (χ1) is 10.6. The number of aryl methyl sites for hydroxylation is 1. The molecule has 1 aliphatic heterocycles. The first-order valence-electron chi connectivity index (χ1n) is 7.53. The standard InChI is InChI=1S/C16H18FN3OS/c1-11(15(21)12-6-8-13(17)9-7-12)22-16-19-18-14-5-3-2-4-10-20(14)16/h6-9,11H,2-5,10H2,1H3/t11-/m0/s1. The van der Waals surface area contributed by atoms with E-state index in [4.69, 9.17) is 0 Å². The van der Waals surface area contributed by atoms with Gasteiger partial charge < -0.3 is 4.57 Å². The molecule has 1 atom stereocenters. The van der Waals surface area contributed by atoms with E-state index in [0.717, 1.165) is 36.8 Å². The Morgan fingerprint density at radius 1 is 1.23 bits per heavy atom. The average Bonchev–Trinajstić information content (AvgIpc) is 2.75. The number of halogens is 1. The molecule has 22 heavy (non-hydrogen) atoms. The van der Waals surface area contributed by atoms with Crippen LogP contribution in [0.15, 0.2) is 29.4 Å². The number of benzene rings is 1. The largest absolute Gasteiger partial charge is 0.306 e. The maximum absolute atomic E-state index is 12.9. The number of aromatic nitrogens is 3. The van der Waals surface area contributed by atoms with Crippen molar-refractivity contribution >= 4 is 17.5 Å². The number of hydrogen-bond donors (Lipinski definition) is 0. The highest BCUT2D eigenvalue weighted by molar-refractivity contribution is 8.00. The molecule has 3 rings (SSSR count). The molecule has 0 saturated carbocycles. The Balaban J connectivity index is 1.74. The molecule has 0 spiro atoms. The van der Waals surface area contributed by atoms with Crippen LogP contribution in [-0.2, 0) is 13.0 Å². The summed E-state index contributed by atoms with van der Waals surface area (Å²) in [6, 6.07) is 5.68. The Hall–Kier alpha value is -1.69. The minimum absolute atomic E-state index is 0.0176.